The predicted molar refractivity (Wildman–Crippen MR) is 91.8 cm³/mol. The van der Waals surface area contributed by atoms with Crippen molar-refractivity contribution in [1.82, 2.24) is 0 Å². The van der Waals surface area contributed by atoms with Crippen LogP contribution in [0, 0.1) is 0 Å². The van der Waals surface area contributed by atoms with Gasteiger partial charge >= 0.3 is 0 Å². The van der Waals surface area contributed by atoms with Crippen LogP contribution in [-0.2, 0) is 4.74 Å². The number of benzene rings is 1. The van der Waals surface area contributed by atoms with Gasteiger partial charge in [-0.05, 0) is 31.4 Å². The van der Waals surface area contributed by atoms with Crippen molar-refractivity contribution in [1.29, 1.82) is 0 Å². The second kappa shape index (κ2) is 7.72. The molecule has 0 amide bonds. The minimum Gasteiger partial charge on any atom is -0.490 e. The normalized spacial score (nSPS) is 20.3. The number of rotatable bonds is 4. The predicted octanol–water partition coefficient (Wildman–Crippen LogP) is 1.51. The third kappa shape index (κ3) is 4.52. The van der Waals surface area contributed by atoms with E-state index in [1.807, 2.05) is 18.2 Å². The molecule has 2 aliphatic heterocycles. The van der Waals surface area contributed by atoms with Gasteiger partial charge in [-0.3, -0.25) is 4.99 Å². The molecule has 1 saturated heterocycles. The van der Waals surface area contributed by atoms with Crippen molar-refractivity contribution >= 4 is 11.6 Å². The summed E-state index contributed by atoms with van der Waals surface area (Å²) in [6, 6.07) is 5.60. The highest BCUT2D eigenvalue weighted by Crippen LogP contribution is 2.32. The first kappa shape index (κ1) is 16.9. The summed E-state index contributed by atoms with van der Waals surface area (Å²) in [6.07, 6.45) is 2.75. The van der Waals surface area contributed by atoms with Gasteiger partial charge in [-0.25, -0.2) is 0 Å². The molecule has 0 aromatic heterocycles. The fourth-order valence-corrected chi connectivity index (χ4v) is 2.81. The van der Waals surface area contributed by atoms with Crippen LogP contribution < -0.4 is 20.5 Å². The first-order valence-electron chi connectivity index (χ1n) is 8.41. The molecule has 0 radical (unpaired) electrons. The van der Waals surface area contributed by atoms with E-state index >= 15 is 0 Å². The Hall–Kier alpha value is -1.99. The molecule has 0 saturated carbocycles. The van der Waals surface area contributed by atoms with Crippen molar-refractivity contribution in [2.45, 2.75) is 31.3 Å². The maximum atomic E-state index is 10.4. The van der Waals surface area contributed by atoms with E-state index in [9.17, 15) is 5.11 Å². The van der Waals surface area contributed by atoms with Crippen molar-refractivity contribution in [3.63, 3.8) is 0 Å². The van der Waals surface area contributed by atoms with Gasteiger partial charge in [0.05, 0.1) is 18.8 Å². The van der Waals surface area contributed by atoms with Crippen LogP contribution >= 0.6 is 0 Å². The molecule has 7 nitrogen and oxygen atoms in total. The molecule has 0 bridgehead atoms. The number of aliphatic hydroxyl groups is 1. The largest absolute Gasteiger partial charge is 0.490 e. The van der Waals surface area contributed by atoms with Crippen molar-refractivity contribution < 1.29 is 19.3 Å². The fraction of sp³-hybridized carbons (Fsp3) is 0.588. The number of ether oxygens (including phenoxy) is 3. The van der Waals surface area contributed by atoms with Gasteiger partial charge in [0, 0.05) is 37.9 Å². The van der Waals surface area contributed by atoms with E-state index in [1.165, 1.54) is 0 Å². The number of anilines is 1. The lowest BCUT2D eigenvalue weighted by atomic mass is 9.91. The zero-order valence-electron chi connectivity index (χ0n) is 13.8. The number of fused-ring (bicyclic) bond motifs is 1. The Morgan fingerprint density at radius 3 is 2.71 bits per heavy atom. The van der Waals surface area contributed by atoms with Gasteiger partial charge in [0.25, 0.3) is 0 Å². The minimum atomic E-state index is -0.683. The molecule has 7 heteroatoms. The maximum Gasteiger partial charge on any atom is 0.193 e. The van der Waals surface area contributed by atoms with Gasteiger partial charge in [0.2, 0.25) is 0 Å². The fourth-order valence-electron chi connectivity index (χ4n) is 2.81. The Bertz CT molecular complexity index is 585. The maximum absolute atomic E-state index is 10.4. The van der Waals surface area contributed by atoms with Crippen LogP contribution in [0.3, 0.4) is 0 Å². The van der Waals surface area contributed by atoms with E-state index in [2.05, 4.69) is 10.3 Å². The summed E-state index contributed by atoms with van der Waals surface area (Å²) in [7, 11) is 0. The number of guanidine groups is 1. The topological polar surface area (TPSA) is 98.3 Å². The van der Waals surface area contributed by atoms with Gasteiger partial charge in [-0.1, -0.05) is 0 Å². The number of hydrogen-bond donors (Lipinski definition) is 3. The summed E-state index contributed by atoms with van der Waals surface area (Å²) in [5, 5.41) is 13.4. The molecule has 1 aromatic rings. The summed E-state index contributed by atoms with van der Waals surface area (Å²) in [5.74, 6) is 1.78. The molecular weight excluding hydrogens is 310 g/mol. The molecule has 3 rings (SSSR count). The first-order valence-corrected chi connectivity index (χ1v) is 8.41. The SMILES string of the molecule is NC(=NCCC1(O)CCOCC1)Nc1ccc2c(c1)OCCCO2. The van der Waals surface area contributed by atoms with Gasteiger partial charge in [0.15, 0.2) is 17.5 Å². The van der Waals surface area contributed by atoms with Crippen molar-refractivity contribution in [3.8, 4) is 11.5 Å². The molecule has 0 spiro atoms. The molecule has 2 aliphatic rings. The quantitative estimate of drug-likeness (QED) is 0.570. The highest BCUT2D eigenvalue weighted by atomic mass is 16.5. The van der Waals surface area contributed by atoms with Crippen molar-refractivity contribution in [2.24, 2.45) is 10.7 Å². The highest BCUT2D eigenvalue weighted by molar-refractivity contribution is 5.92. The third-order valence-electron chi connectivity index (χ3n) is 4.30. The number of aliphatic imine (C=N–C) groups is 1. The van der Waals surface area contributed by atoms with Crippen LogP contribution in [0.2, 0.25) is 0 Å². The molecule has 1 fully saturated rings. The number of nitrogens with one attached hydrogen (secondary N) is 1. The number of nitrogens with two attached hydrogens (primary N) is 1. The standard InChI is InChI=1S/C17H25N3O4/c18-16(19-7-4-17(21)5-10-22-11-6-17)20-13-2-3-14-15(12-13)24-9-1-8-23-14/h2-3,12,21H,1,4-11H2,(H3,18,19,20). The summed E-state index contributed by atoms with van der Waals surface area (Å²) < 4.78 is 16.5. The number of nitrogens with zero attached hydrogens (tertiary/aromatic N) is 1. The molecule has 4 N–H and O–H groups in total. The second-order valence-electron chi connectivity index (χ2n) is 6.19. The minimum absolute atomic E-state index is 0.320. The van der Waals surface area contributed by atoms with E-state index < -0.39 is 5.60 Å². The Morgan fingerprint density at radius 1 is 1.17 bits per heavy atom. The summed E-state index contributed by atoms with van der Waals surface area (Å²) in [6.45, 7) is 2.98. The molecular formula is C17H25N3O4. The zero-order chi connectivity index (χ0) is 16.8. The molecule has 0 unspecified atom stereocenters. The summed E-state index contributed by atoms with van der Waals surface area (Å²) in [4.78, 5) is 4.30. The van der Waals surface area contributed by atoms with Gasteiger partial charge in [0.1, 0.15) is 0 Å². The molecule has 132 valence electrons. The Kier molecular flexibility index (Phi) is 5.42. The highest BCUT2D eigenvalue weighted by Gasteiger charge is 2.28. The monoisotopic (exact) mass is 335 g/mol. The van der Waals surface area contributed by atoms with Crippen LogP contribution in [-0.4, -0.2) is 49.6 Å². The second-order valence-corrected chi connectivity index (χ2v) is 6.19. The third-order valence-corrected chi connectivity index (χ3v) is 4.30. The molecule has 0 aliphatic carbocycles. The lowest BCUT2D eigenvalue weighted by Crippen LogP contribution is -2.37. The van der Waals surface area contributed by atoms with E-state index in [1.54, 1.807) is 0 Å². The molecule has 2 heterocycles. The van der Waals surface area contributed by atoms with E-state index in [0.29, 0.717) is 63.9 Å². The lowest BCUT2D eigenvalue weighted by molar-refractivity contribution is -0.0662. The van der Waals surface area contributed by atoms with Crippen LogP contribution in [0.5, 0.6) is 11.5 Å². The van der Waals surface area contributed by atoms with Gasteiger partial charge in [-0.15, -0.1) is 0 Å². The molecule has 1 aromatic carbocycles. The van der Waals surface area contributed by atoms with Crippen LogP contribution in [0.25, 0.3) is 0 Å². The van der Waals surface area contributed by atoms with Crippen LogP contribution in [0.1, 0.15) is 25.7 Å². The summed E-state index contributed by atoms with van der Waals surface area (Å²) in [5.41, 5.74) is 6.05. The average molecular weight is 335 g/mol. The lowest BCUT2D eigenvalue weighted by Gasteiger charge is -2.31. The Labute approximate surface area is 141 Å². The first-order chi connectivity index (χ1) is 11.6. The molecule has 24 heavy (non-hydrogen) atoms. The van der Waals surface area contributed by atoms with Gasteiger partial charge in [-0.2, -0.15) is 0 Å². The molecule has 0 atom stereocenters. The van der Waals surface area contributed by atoms with E-state index in [0.717, 1.165) is 17.9 Å². The Morgan fingerprint density at radius 2 is 1.92 bits per heavy atom. The van der Waals surface area contributed by atoms with Crippen LogP contribution in [0.15, 0.2) is 23.2 Å². The average Bonchev–Trinajstić information content (AvgIpc) is 2.80. The smallest absolute Gasteiger partial charge is 0.193 e. The zero-order valence-corrected chi connectivity index (χ0v) is 13.8. The van der Waals surface area contributed by atoms with E-state index in [-0.39, 0.29) is 0 Å². The Balaban J connectivity index is 1.54. The van der Waals surface area contributed by atoms with Crippen molar-refractivity contribution in [2.75, 3.05) is 38.3 Å². The van der Waals surface area contributed by atoms with Crippen molar-refractivity contribution in [3.05, 3.63) is 18.2 Å². The van der Waals surface area contributed by atoms with Gasteiger partial charge < -0.3 is 30.4 Å². The van der Waals surface area contributed by atoms with Crippen LogP contribution in [0.4, 0.5) is 5.69 Å². The number of hydrogen-bond acceptors (Lipinski definition) is 5. The van der Waals surface area contributed by atoms with E-state index in [4.69, 9.17) is 19.9 Å². The summed E-state index contributed by atoms with van der Waals surface area (Å²) >= 11 is 0.